The largest absolute Gasteiger partial charge is 0.490 e. The van der Waals surface area contributed by atoms with Crippen LogP contribution in [-0.2, 0) is 30.5 Å². The number of halogens is 6. The monoisotopic (exact) mass is 580 g/mol. The van der Waals surface area contributed by atoms with Gasteiger partial charge in [-0.3, -0.25) is 19.4 Å². The Morgan fingerprint density at radius 2 is 1.66 bits per heavy atom. The predicted octanol–water partition coefficient (Wildman–Crippen LogP) is 1.85. The molecule has 38 heavy (non-hydrogen) atoms. The summed E-state index contributed by atoms with van der Waals surface area (Å²) in [6.07, 6.45) is -6.28. The number of hydrogen-bond donors (Lipinski definition) is 2. The maximum Gasteiger partial charge on any atom is 0.490 e. The molecule has 1 unspecified atom stereocenters. The molecule has 1 amide bonds. The molecule has 3 saturated heterocycles. The second kappa shape index (κ2) is 13.0. The van der Waals surface area contributed by atoms with Gasteiger partial charge in [-0.2, -0.15) is 26.3 Å². The Hall–Kier alpha value is -2.54. The summed E-state index contributed by atoms with van der Waals surface area (Å²) in [6, 6.07) is -0.235. The van der Waals surface area contributed by atoms with Crippen molar-refractivity contribution in [2.45, 2.75) is 43.4 Å². The van der Waals surface area contributed by atoms with Crippen LogP contribution in [0.1, 0.15) is 17.8 Å². The number of thiazole rings is 1. The maximum atomic E-state index is 12.6. The molecule has 4 heterocycles. The van der Waals surface area contributed by atoms with E-state index in [2.05, 4.69) is 14.8 Å². The van der Waals surface area contributed by atoms with E-state index in [9.17, 15) is 31.1 Å². The summed E-state index contributed by atoms with van der Waals surface area (Å²) in [5, 5.41) is 18.9. The molecule has 0 aliphatic carbocycles. The van der Waals surface area contributed by atoms with Gasteiger partial charge in [-0.15, -0.1) is 11.3 Å². The van der Waals surface area contributed by atoms with Crippen LogP contribution in [0.2, 0.25) is 0 Å². The number of morpholine rings is 1. The Bertz CT molecular complexity index is 911. The lowest BCUT2D eigenvalue weighted by Crippen LogP contribution is -2.72. The normalized spacial score (nSPS) is 21.9. The van der Waals surface area contributed by atoms with Crippen molar-refractivity contribution in [2.75, 3.05) is 46.4 Å². The summed E-state index contributed by atoms with van der Waals surface area (Å²) < 4.78 is 69.6. The lowest BCUT2D eigenvalue weighted by atomic mass is 9.90. The minimum atomic E-state index is -5.08. The van der Waals surface area contributed by atoms with Crippen LogP contribution in [0.3, 0.4) is 0 Å². The topological polar surface area (TPSA) is 133 Å². The number of alkyl halides is 6. The third-order valence-electron chi connectivity index (χ3n) is 5.50. The first-order chi connectivity index (χ1) is 17.5. The number of hydroxylamine groups is 2. The fourth-order valence-electron chi connectivity index (χ4n) is 3.78. The van der Waals surface area contributed by atoms with Crippen molar-refractivity contribution in [3.63, 3.8) is 0 Å². The van der Waals surface area contributed by atoms with Gasteiger partial charge in [0.1, 0.15) is 16.7 Å². The van der Waals surface area contributed by atoms with Gasteiger partial charge in [0.25, 0.3) is 5.91 Å². The van der Waals surface area contributed by atoms with Crippen LogP contribution in [0.4, 0.5) is 26.3 Å². The van der Waals surface area contributed by atoms with Gasteiger partial charge in [0, 0.05) is 37.8 Å². The zero-order chi connectivity index (χ0) is 28.7. The zero-order valence-electron chi connectivity index (χ0n) is 20.0. The summed E-state index contributed by atoms with van der Waals surface area (Å²) in [4.78, 5) is 44.7. The third-order valence-corrected chi connectivity index (χ3v) is 6.27. The molecule has 2 N–H and O–H groups in total. The molecule has 3 aliphatic heterocycles. The van der Waals surface area contributed by atoms with Crippen LogP contribution in [-0.4, -0.2) is 118 Å². The van der Waals surface area contributed by atoms with E-state index in [1.807, 2.05) is 18.6 Å². The van der Waals surface area contributed by atoms with Crippen molar-refractivity contribution in [2.24, 2.45) is 0 Å². The van der Waals surface area contributed by atoms with E-state index in [0.29, 0.717) is 19.8 Å². The summed E-state index contributed by atoms with van der Waals surface area (Å²) in [7, 11) is 2.01. The number of carbonyl (C=O) groups is 3. The van der Waals surface area contributed by atoms with Crippen molar-refractivity contribution in [1.29, 1.82) is 0 Å². The Kier molecular flexibility index (Phi) is 10.8. The molecule has 3 fully saturated rings. The number of aliphatic carboxylic acids is 2. The van der Waals surface area contributed by atoms with Crippen molar-refractivity contribution in [3.05, 3.63) is 16.6 Å². The number of carboxylic acid groups (broad SMARTS) is 2. The summed E-state index contributed by atoms with van der Waals surface area (Å²) in [6.45, 7) is 5.24. The predicted molar refractivity (Wildman–Crippen MR) is 117 cm³/mol. The van der Waals surface area contributed by atoms with Crippen molar-refractivity contribution < 1.29 is 60.5 Å². The first kappa shape index (κ1) is 31.7. The first-order valence-electron chi connectivity index (χ1n) is 11.0. The van der Waals surface area contributed by atoms with E-state index in [4.69, 9.17) is 29.4 Å². The fourth-order valence-corrected chi connectivity index (χ4v) is 4.44. The quantitative estimate of drug-likeness (QED) is 0.511. The molecule has 4 rings (SSSR count). The average Bonchev–Trinajstić information content (AvgIpc) is 3.31. The molecule has 0 saturated carbocycles. The maximum absolute atomic E-state index is 12.6. The molecule has 0 bridgehead atoms. The van der Waals surface area contributed by atoms with Gasteiger partial charge in [0.2, 0.25) is 0 Å². The standard InChI is InChI=1S/C16H24N4O3S.2C2HF3O2/c1-18-10-16(11-19(12-16)8-14-17-4-7-24-14)22-9-13(18)15(21)20-5-2-3-6-23-20;2*3-2(4,5)1(6)7/h4,7,13H,2-3,5-6,8-12H2,1H3;2*(H,6,7). The van der Waals surface area contributed by atoms with Crippen molar-refractivity contribution in [3.8, 4) is 0 Å². The Morgan fingerprint density at radius 3 is 2.08 bits per heavy atom. The molecule has 1 aromatic rings. The number of likely N-dealkylation sites (N-methyl/N-ethyl adjacent to an activating group) is 1. The van der Waals surface area contributed by atoms with Gasteiger partial charge >= 0.3 is 24.3 Å². The summed E-state index contributed by atoms with van der Waals surface area (Å²) in [5.74, 6) is -5.48. The van der Waals surface area contributed by atoms with Gasteiger partial charge in [-0.05, 0) is 19.9 Å². The number of rotatable bonds is 3. The van der Waals surface area contributed by atoms with E-state index >= 15 is 0 Å². The first-order valence-corrected chi connectivity index (χ1v) is 11.9. The number of nitrogens with zero attached hydrogens (tertiary/aromatic N) is 4. The van der Waals surface area contributed by atoms with Crippen LogP contribution in [0, 0.1) is 0 Å². The van der Waals surface area contributed by atoms with E-state index < -0.39 is 24.3 Å². The summed E-state index contributed by atoms with van der Waals surface area (Å²) in [5.41, 5.74) is -0.133. The minimum absolute atomic E-state index is 0.0333. The second-order valence-electron chi connectivity index (χ2n) is 8.58. The van der Waals surface area contributed by atoms with E-state index in [1.54, 1.807) is 11.3 Å². The molecule has 11 nitrogen and oxygen atoms in total. The Morgan fingerprint density at radius 1 is 1.08 bits per heavy atom. The number of carbonyl (C=O) groups excluding carboxylic acids is 1. The molecule has 0 aromatic carbocycles. The SMILES string of the molecule is CN1CC2(CN(Cc3nccs3)C2)OCC1C(=O)N1CCCCO1.O=C(O)C(F)(F)F.O=C(O)C(F)(F)F. The molecule has 18 heteroatoms. The zero-order valence-corrected chi connectivity index (χ0v) is 20.8. The number of likely N-dealkylation sites (tertiary alicyclic amines) is 1. The molecule has 1 aromatic heterocycles. The Balaban J connectivity index is 0.000000301. The van der Waals surface area contributed by atoms with Gasteiger partial charge in [0.05, 0.1) is 19.8 Å². The number of hydrogen-bond acceptors (Lipinski definition) is 9. The average molecular weight is 581 g/mol. The van der Waals surface area contributed by atoms with Crippen LogP contribution < -0.4 is 0 Å². The van der Waals surface area contributed by atoms with Crippen molar-refractivity contribution in [1.82, 2.24) is 19.8 Å². The highest BCUT2D eigenvalue weighted by atomic mass is 32.1. The highest BCUT2D eigenvalue weighted by molar-refractivity contribution is 7.09. The minimum Gasteiger partial charge on any atom is -0.475 e. The van der Waals surface area contributed by atoms with Crippen LogP contribution in [0.5, 0.6) is 0 Å². The number of aromatic nitrogens is 1. The van der Waals surface area contributed by atoms with Gasteiger partial charge < -0.3 is 14.9 Å². The van der Waals surface area contributed by atoms with Crippen LogP contribution in [0.15, 0.2) is 11.6 Å². The fraction of sp³-hybridized carbons (Fsp3) is 0.700. The van der Waals surface area contributed by atoms with Gasteiger partial charge in [0.15, 0.2) is 0 Å². The number of ether oxygens (including phenoxy) is 1. The highest BCUT2D eigenvalue weighted by Crippen LogP contribution is 2.32. The smallest absolute Gasteiger partial charge is 0.475 e. The van der Waals surface area contributed by atoms with Crippen molar-refractivity contribution >= 4 is 29.2 Å². The van der Waals surface area contributed by atoms with Crippen LogP contribution in [0.25, 0.3) is 0 Å². The lowest BCUT2D eigenvalue weighted by Gasteiger charge is -2.55. The third kappa shape index (κ3) is 9.33. The number of carboxylic acids is 2. The molecule has 1 atom stereocenters. The molecule has 216 valence electrons. The van der Waals surface area contributed by atoms with E-state index in [-0.39, 0.29) is 17.6 Å². The second-order valence-corrected chi connectivity index (χ2v) is 9.56. The molecule has 1 spiro atoms. The Labute approximate surface area is 216 Å². The molecule has 0 radical (unpaired) electrons. The molecular formula is C20H26F6N4O7S. The molecule has 3 aliphatic rings. The lowest BCUT2D eigenvalue weighted by molar-refractivity contribution is -0.224. The number of amides is 1. The van der Waals surface area contributed by atoms with Gasteiger partial charge in [-0.25, -0.2) is 19.6 Å². The summed E-state index contributed by atoms with van der Waals surface area (Å²) >= 11 is 1.69. The van der Waals surface area contributed by atoms with E-state index in [0.717, 1.165) is 44.0 Å². The molecular weight excluding hydrogens is 554 g/mol. The van der Waals surface area contributed by atoms with E-state index in [1.165, 1.54) is 5.06 Å². The van der Waals surface area contributed by atoms with Gasteiger partial charge in [-0.1, -0.05) is 0 Å². The highest BCUT2D eigenvalue weighted by Gasteiger charge is 2.50. The van der Waals surface area contributed by atoms with Crippen LogP contribution >= 0.6 is 11.3 Å².